The lowest BCUT2D eigenvalue weighted by Crippen LogP contribution is -2.12. The zero-order chi connectivity index (χ0) is 28.5. The molecule has 0 saturated heterocycles. The number of hydrogen-bond donors (Lipinski definition) is 1. The van der Waals surface area contributed by atoms with Crippen molar-refractivity contribution in [3.05, 3.63) is 114 Å². The second-order valence-electron chi connectivity index (χ2n) is 9.68. The molecule has 1 aromatic heterocycles. The van der Waals surface area contributed by atoms with Crippen molar-refractivity contribution >= 4 is 11.7 Å². The molecule has 0 saturated carbocycles. The number of anilines is 1. The highest BCUT2D eigenvalue weighted by Crippen LogP contribution is 2.32. The Morgan fingerprint density at radius 3 is 2.15 bits per heavy atom. The van der Waals surface area contributed by atoms with E-state index < -0.39 is 11.7 Å². The molecule has 0 fully saturated rings. The Labute approximate surface area is 233 Å². The van der Waals surface area contributed by atoms with Crippen molar-refractivity contribution in [1.82, 2.24) is 9.78 Å². The van der Waals surface area contributed by atoms with Crippen LogP contribution in [-0.4, -0.2) is 22.4 Å². The van der Waals surface area contributed by atoms with E-state index in [9.17, 15) is 18.0 Å². The Bertz CT molecular complexity index is 1350. The molecule has 4 rings (SSSR count). The summed E-state index contributed by atoms with van der Waals surface area (Å²) >= 11 is 0. The fourth-order valence-electron chi connectivity index (χ4n) is 4.80. The molecular weight excluding hydrogens is 515 g/mol. The average Bonchev–Trinajstić information content (AvgIpc) is 3.46. The molecule has 2 atom stereocenters. The van der Waals surface area contributed by atoms with Gasteiger partial charge in [0.1, 0.15) is 0 Å². The number of carbonyl (C=O) groups excluding carboxylic acids is 1. The van der Waals surface area contributed by atoms with Crippen LogP contribution < -0.4 is 5.32 Å². The van der Waals surface area contributed by atoms with Crippen LogP contribution in [0.15, 0.2) is 91.3 Å². The van der Waals surface area contributed by atoms with E-state index >= 15 is 0 Å². The van der Waals surface area contributed by atoms with E-state index in [2.05, 4.69) is 53.7 Å². The van der Waals surface area contributed by atoms with Gasteiger partial charge in [0.05, 0.1) is 30.1 Å². The molecule has 5 nitrogen and oxygen atoms in total. The third-order valence-corrected chi connectivity index (χ3v) is 6.85. The number of aromatic nitrogens is 2. The van der Waals surface area contributed by atoms with E-state index in [0.29, 0.717) is 25.1 Å². The maximum absolute atomic E-state index is 12.9. The van der Waals surface area contributed by atoms with Crippen LogP contribution in [-0.2, 0) is 15.7 Å². The lowest BCUT2D eigenvalue weighted by atomic mass is 9.86. The molecule has 0 aliphatic heterocycles. The summed E-state index contributed by atoms with van der Waals surface area (Å²) < 4.78 is 45.2. The van der Waals surface area contributed by atoms with Gasteiger partial charge in [-0.3, -0.25) is 4.79 Å². The van der Waals surface area contributed by atoms with Crippen LogP contribution >= 0.6 is 0 Å². The number of nitrogens with zero attached hydrogens (tertiary/aromatic N) is 2. The van der Waals surface area contributed by atoms with Crippen molar-refractivity contribution in [3.8, 4) is 5.69 Å². The van der Waals surface area contributed by atoms with Gasteiger partial charge in [-0.05, 0) is 60.7 Å². The Balaban J connectivity index is 1.49. The summed E-state index contributed by atoms with van der Waals surface area (Å²) in [7, 11) is 0. The highest BCUT2D eigenvalue weighted by atomic mass is 19.4. The van der Waals surface area contributed by atoms with Gasteiger partial charge in [-0.1, -0.05) is 67.9 Å². The number of benzene rings is 3. The van der Waals surface area contributed by atoms with E-state index in [1.54, 1.807) is 12.1 Å². The Morgan fingerprint density at radius 2 is 1.55 bits per heavy atom. The molecule has 1 heterocycles. The summed E-state index contributed by atoms with van der Waals surface area (Å²) in [5.41, 5.74) is 4.06. The fourth-order valence-corrected chi connectivity index (χ4v) is 4.80. The maximum Gasteiger partial charge on any atom is 0.419 e. The largest absolute Gasteiger partial charge is 0.466 e. The predicted molar refractivity (Wildman–Crippen MR) is 150 cm³/mol. The van der Waals surface area contributed by atoms with Gasteiger partial charge < -0.3 is 10.1 Å². The smallest absolute Gasteiger partial charge is 0.419 e. The van der Waals surface area contributed by atoms with E-state index in [1.165, 1.54) is 4.68 Å². The summed E-state index contributed by atoms with van der Waals surface area (Å²) in [5.74, 6) is -0.114. The van der Waals surface area contributed by atoms with Gasteiger partial charge in [0.2, 0.25) is 0 Å². The van der Waals surface area contributed by atoms with E-state index in [0.717, 1.165) is 47.6 Å². The van der Waals surface area contributed by atoms with Crippen LogP contribution in [0.4, 0.5) is 18.9 Å². The van der Waals surface area contributed by atoms with E-state index in [4.69, 9.17) is 4.74 Å². The van der Waals surface area contributed by atoms with Crippen LogP contribution in [0, 0.1) is 0 Å². The first-order chi connectivity index (χ1) is 19.3. The van der Waals surface area contributed by atoms with Crippen LogP contribution in [0.25, 0.3) is 5.69 Å². The highest BCUT2D eigenvalue weighted by Gasteiger charge is 2.32. The van der Waals surface area contributed by atoms with Gasteiger partial charge in [-0.15, -0.1) is 0 Å². The molecule has 0 aliphatic carbocycles. The quantitative estimate of drug-likeness (QED) is 0.181. The Kier molecular flexibility index (Phi) is 9.64. The predicted octanol–water partition coefficient (Wildman–Crippen LogP) is 8.32. The number of rotatable bonds is 12. The minimum absolute atomic E-state index is 0.0566. The van der Waals surface area contributed by atoms with Crippen LogP contribution in [0.2, 0.25) is 0 Å². The molecular formula is C32H34F3N3O2. The van der Waals surface area contributed by atoms with Crippen molar-refractivity contribution in [2.45, 2.75) is 57.7 Å². The minimum Gasteiger partial charge on any atom is -0.466 e. The molecule has 40 heavy (non-hydrogen) atoms. The van der Waals surface area contributed by atoms with Gasteiger partial charge in [0.15, 0.2) is 0 Å². The third kappa shape index (κ3) is 7.52. The second kappa shape index (κ2) is 13.3. The van der Waals surface area contributed by atoms with Crippen molar-refractivity contribution in [2.24, 2.45) is 0 Å². The van der Waals surface area contributed by atoms with Gasteiger partial charge in [0, 0.05) is 24.2 Å². The van der Waals surface area contributed by atoms with Gasteiger partial charge in [-0.2, -0.15) is 18.3 Å². The van der Waals surface area contributed by atoms with Crippen LogP contribution in [0.3, 0.4) is 0 Å². The SMILES string of the molecule is CCCC(Nc1ccc(-n2cc(C(F)(F)F)cn2)cc1)c1ccc(C(CCC(=O)OCC)c2ccccc2)cc1. The molecule has 1 N–H and O–H groups in total. The Hall–Kier alpha value is -4.07. The lowest BCUT2D eigenvalue weighted by Gasteiger charge is -2.22. The van der Waals surface area contributed by atoms with Gasteiger partial charge in [-0.25, -0.2) is 4.68 Å². The monoisotopic (exact) mass is 549 g/mol. The zero-order valence-electron chi connectivity index (χ0n) is 22.7. The standard InChI is InChI=1S/C32H34F3N3O2/c1-3-8-30(37-27-15-17-28(18-16-27)38-22-26(21-36-38)32(33,34)35)25-13-11-24(12-14-25)29(19-20-31(39)40-4-2)23-9-6-5-7-10-23/h5-7,9-18,21-22,29-30,37H,3-4,8,19-20H2,1-2H3. The molecule has 0 spiro atoms. The summed E-state index contributed by atoms with van der Waals surface area (Å²) in [4.78, 5) is 12.1. The molecule has 0 bridgehead atoms. The number of halogens is 3. The van der Waals surface area contributed by atoms with Crippen molar-refractivity contribution in [1.29, 1.82) is 0 Å². The third-order valence-electron chi connectivity index (χ3n) is 6.85. The molecule has 4 aromatic rings. The van der Waals surface area contributed by atoms with Crippen LogP contribution in [0.5, 0.6) is 0 Å². The fraction of sp³-hybridized carbons (Fsp3) is 0.312. The number of alkyl halides is 3. The summed E-state index contributed by atoms with van der Waals surface area (Å²) in [5, 5.41) is 7.42. The molecule has 0 radical (unpaired) electrons. The first-order valence-electron chi connectivity index (χ1n) is 13.6. The molecule has 210 valence electrons. The second-order valence-corrected chi connectivity index (χ2v) is 9.68. The normalized spacial score (nSPS) is 13.0. The number of nitrogens with one attached hydrogen (secondary N) is 1. The van der Waals surface area contributed by atoms with Crippen LogP contribution in [0.1, 0.15) is 73.7 Å². The molecule has 8 heteroatoms. The minimum atomic E-state index is -4.43. The lowest BCUT2D eigenvalue weighted by molar-refractivity contribution is -0.143. The molecule has 3 aromatic carbocycles. The highest BCUT2D eigenvalue weighted by molar-refractivity contribution is 5.69. The first kappa shape index (κ1) is 28.9. The van der Waals surface area contributed by atoms with Gasteiger partial charge >= 0.3 is 12.1 Å². The average molecular weight is 550 g/mol. The molecule has 0 aliphatic rings. The Morgan fingerprint density at radius 1 is 0.900 bits per heavy atom. The summed E-state index contributed by atoms with van der Waals surface area (Å²) in [6.45, 7) is 4.32. The molecule has 0 amide bonds. The van der Waals surface area contributed by atoms with Crippen molar-refractivity contribution in [3.63, 3.8) is 0 Å². The number of carbonyl (C=O) groups is 1. The van der Waals surface area contributed by atoms with Crippen molar-refractivity contribution in [2.75, 3.05) is 11.9 Å². The summed E-state index contributed by atoms with van der Waals surface area (Å²) in [6, 6.07) is 25.9. The topological polar surface area (TPSA) is 56.2 Å². The van der Waals surface area contributed by atoms with E-state index in [1.807, 2.05) is 37.3 Å². The molecule has 2 unspecified atom stereocenters. The van der Waals surface area contributed by atoms with Crippen molar-refractivity contribution < 1.29 is 22.7 Å². The van der Waals surface area contributed by atoms with E-state index in [-0.39, 0.29) is 17.9 Å². The van der Waals surface area contributed by atoms with Gasteiger partial charge in [0.25, 0.3) is 0 Å². The maximum atomic E-state index is 12.9. The number of hydrogen-bond acceptors (Lipinski definition) is 4. The number of ether oxygens (including phenoxy) is 1. The zero-order valence-corrected chi connectivity index (χ0v) is 22.7. The summed E-state index contributed by atoms with van der Waals surface area (Å²) in [6.07, 6.45) is 0.265. The first-order valence-corrected chi connectivity index (χ1v) is 13.6. The number of esters is 1.